The summed E-state index contributed by atoms with van der Waals surface area (Å²) in [5, 5.41) is 19.9. The molecule has 1 atom stereocenters. The zero-order valence-electron chi connectivity index (χ0n) is 29.1. The Kier molecular flexibility index (Phi) is 13.3. The molecule has 2 heterocycles. The molecule has 5 rings (SSSR count). The van der Waals surface area contributed by atoms with E-state index < -0.39 is 35.6 Å². The van der Waals surface area contributed by atoms with E-state index in [1.54, 1.807) is 35.8 Å². The van der Waals surface area contributed by atoms with Crippen LogP contribution >= 0.6 is 0 Å². The summed E-state index contributed by atoms with van der Waals surface area (Å²) in [6.07, 6.45) is 3.90. The summed E-state index contributed by atoms with van der Waals surface area (Å²) >= 11 is 0. The largest absolute Gasteiger partial charge is 0.494 e. The molecule has 0 aromatic heterocycles. The van der Waals surface area contributed by atoms with Crippen molar-refractivity contribution in [1.82, 2.24) is 26.3 Å². The summed E-state index contributed by atoms with van der Waals surface area (Å²) in [4.78, 5) is 87.3. The molecule has 2 aliphatic rings. The molecule has 278 valence electrons. The summed E-state index contributed by atoms with van der Waals surface area (Å²) in [6, 6.07) is 17.5. The Labute approximate surface area is 305 Å². The number of hydroxylamine groups is 1. The van der Waals surface area contributed by atoms with Crippen molar-refractivity contribution in [2.24, 2.45) is 0 Å². The Balaban J connectivity index is 0.912. The molecule has 15 nitrogen and oxygen atoms in total. The summed E-state index contributed by atoms with van der Waals surface area (Å²) < 4.78 is 5.80. The number of carbonyl (C=O) groups excluding carboxylic acids is 7. The lowest BCUT2D eigenvalue weighted by molar-refractivity contribution is -0.136. The van der Waals surface area contributed by atoms with Gasteiger partial charge in [0.25, 0.3) is 23.6 Å². The number of imide groups is 2. The minimum Gasteiger partial charge on any atom is -0.494 e. The van der Waals surface area contributed by atoms with Gasteiger partial charge in [0.15, 0.2) is 0 Å². The van der Waals surface area contributed by atoms with Crippen LogP contribution in [0.5, 0.6) is 5.75 Å². The van der Waals surface area contributed by atoms with E-state index in [-0.39, 0.29) is 41.3 Å². The van der Waals surface area contributed by atoms with Crippen LogP contribution in [0.4, 0.5) is 5.69 Å². The van der Waals surface area contributed by atoms with Crippen LogP contribution in [0.25, 0.3) is 0 Å². The fraction of sp³-hybridized carbons (Fsp3) is 0.342. The van der Waals surface area contributed by atoms with Gasteiger partial charge in [-0.15, -0.1) is 0 Å². The number of carbonyl (C=O) groups is 7. The number of nitrogens with one attached hydrogen (secondary N) is 5. The number of rotatable bonds is 18. The number of hydrogen-bond donors (Lipinski definition) is 6. The molecule has 2 aliphatic heterocycles. The fourth-order valence-corrected chi connectivity index (χ4v) is 6.07. The zero-order valence-corrected chi connectivity index (χ0v) is 29.1. The highest BCUT2D eigenvalue weighted by atomic mass is 16.5. The molecule has 3 aromatic rings. The lowest BCUT2D eigenvalue weighted by Gasteiger charge is -2.27. The zero-order chi connectivity index (χ0) is 37.7. The van der Waals surface area contributed by atoms with E-state index in [1.807, 2.05) is 24.3 Å². The van der Waals surface area contributed by atoms with Gasteiger partial charge in [-0.05, 0) is 86.6 Å². The molecule has 53 heavy (non-hydrogen) atoms. The molecular weight excluding hydrogens is 684 g/mol. The van der Waals surface area contributed by atoms with Crippen molar-refractivity contribution >= 4 is 47.0 Å². The van der Waals surface area contributed by atoms with Crippen LogP contribution in [0, 0.1) is 0 Å². The van der Waals surface area contributed by atoms with Gasteiger partial charge in [0, 0.05) is 49.3 Å². The minimum absolute atomic E-state index is 0.0451. The first-order chi connectivity index (χ1) is 25.7. The highest BCUT2D eigenvalue weighted by Gasteiger charge is 2.45. The summed E-state index contributed by atoms with van der Waals surface area (Å²) in [5.74, 6) is -2.55. The van der Waals surface area contributed by atoms with Crippen molar-refractivity contribution in [2.75, 3.05) is 31.6 Å². The molecule has 1 fully saturated rings. The topological polar surface area (TPSA) is 212 Å². The third kappa shape index (κ3) is 10.0. The van der Waals surface area contributed by atoms with Crippen molar-refractivity contribution in [1.29, 1.82) is 0 Å². The Morgan fingerprint density at radius 2 is 1.55 bits per heavy atom. The lowest BCUT2D eigenvalue weighted by atomic mass is 10.0. The monoisotopic (exact) mass is 726 g/mol. The predicted molar refractivity (Wildman–Crippen MR) is 191 cm³/mol. The molecule has 0 saturated carbocycles. The van der Waals surface area contributed by atoms with Gasteiger partial charge in [0.2, 0.25) is 17.7 Å². The van der Waals surface area contributed by atoms with Crippen molar-refractivity contribution in [2.45, 2.75) is 57.4 Å². The van der Waals surface area contributed by atoms with Gasteiger partial charge in [0.1, 0.15) is 11.8 Å². The normalized spacial score (nSPS) is 15.0. The molecule has 1 saturated heterocycles. The highest BCUT2D eigenvalue weighted by molar-refractivity contribution is 6.25. The molecule has 3 aromatic carbocycles. The van der Waals surface area contributed by atoms with E-state index in [4.69, 9.17) is 9.94 Å². The third-order valence-corrected chi connectivity index (χ3v) is 8.89. The molecule has 6 N–H and O–H groups in total. The summed E-state index contributed by atoms with van der Waals surface area (Å²) in [6.45, 7) is 1.86. The second-order valence-corrected chi connectivity index (χ2v) is 12.6. The van der Waals surface area contributed by atoms with E-state index in [2.05, 4.69) is 21.3 Å². The molecule has 0 aliphatic carbocycles. The number of amides is 7. The maximum Gasteiger partial charge on any atom is 0.274 e. The standard InChI is InChI=1S/C38H42N6O9/c45-31(11-1-4-22-53-27-14-12-24(13-15-27)18-21-41-34(47)25-7-5-8-26(23-25)35(48)43-52)40-20-3-2-19-39-29-10-6-9-28-33(29)38(51)44(37(28)50)30-16-17-32(46)42-36(30)49/h5-10,12-15,23,30,39,52H,1-4,11,16-22H2,(H,40,45)(H,41,47)(H,43,48)(H,42,46,49). The first-order valence-electron chi connectivity index (χ1n) is 17.6. The number of benzene rings is 3. The van der Waals surface area contributed by atoms with E-state index >= 15 is 0 Å². The first kappa shape index (κ1) is 38.1. The lowest BCUT2D eigenvalue weighted by Crippen LogP contribution is -2.54. The van der Waals surface area contributed by atoms with Crippen LogP contribution in [0.2, 0.25) is 0 Å². The molecule has 15 heteroatoms. The van der Waals surface area contributed by atoms with E-state index in [1.165, 1.54) is 12.1 Å². The van der Waals surface area contributed by atoms with Crippen molar-refractivity contribution in [3.8, 4) is 5.75 Å². The Morgan fingerprint density at radius 3 is 2.30 bits per heavy atom. The molecule has 0 radical (unpaired) electrons. The highest BCUT2D eigenvalue weighted by Crippen LogP contribution is 2.32. The van der Waals surface area contributed by atoms with Gasteiger partial charge >= 0.3 is 0 Å². The Morgan fingerprint density at radius 1 is 0.811 bits per heavy atom. The van der Waals surface area contributed by atoms with Gasteiger partial charge in [-0.2, -0.15) is 0 Å². The Bertz CT molecular complexity index is 1860. The van der Waals surface area contributed by atoms with Gasteiger partial charge in [0.05, 0.1) is 17.7 Å². The molecule has 0 spiro atoms. The van der Waals surface area contributed by atoms with Crippen molar-refractivity contribution in [3.63, 3.8) is 0 Å². The molecule has 7 amide bonds. The second-order valence-electron chi connectivity index (χ2n) is 12.6. The summed E-state index contributed by atoms with van der Waals surface area (Å²) in [5.41, 5.74) is 3.97. The number of ether oxygens (including phenoxy) is 1. The summed E-state index contributed by atoms with van der Waals surface area (Å²) in [7, 11) is 0. The van der Waals surface area contributed by atoms with Crippen LogP contribution in [0.3, 0.4) is 0 Å². The van der Waals surface area contributed by atoms with Crippen LogP contribution in [-0.4, -0.2) is 83.7 Å². The second kappa shape index (κ2) is 18.4. The number of piperidine rings is 1. The van der Waals surface area contributed by atoms with Gasteiger partial charge in [-0.1, -0.05) is 24.3 Å². The number of nitrogens with zero attached hydrogens (tertiary/aromatic N) is 1. The third-order valence-electron chi connectivity index (χ3n) is 8.89. The van der Waals surface area contributed by atoms with E-state index in [0.717, 1.165) is 10.5 Å². The van der Waals surface area contributed by atoms with Crippen molar-refractivity contribution in [3.05, 3.63) is 94.5 Å². The Hall–Kier alpha value is -6.09. The molecule has 1 unspecified atom stereocenters. The van der Waals surface area contributed by atoms with Crippen LogP contribution in [-0.2, 0) is 20.8 Å². The van der Waals surface area contributed by atoms with Crippen LogP contribution in [0.1, 0.15) is 91.9 Å². The molecule has 0 bridgehead atoms. The van der Waals surface area contributed by atoms with Gasteiger partial charge in [-0.3, -0.25) is 49.0 Å². The maximum absolute atomic E-state index is 13.2. The predicted octanol–water partition coefficient (Wildman–Crippen LogP) is 2.74. The first-order valence-corrected chi connectivity index (χ1v) is 17.6. The average Bonchev–Trinajstić information content (AvgIpc) is 3.42. The van der Waals surface area contributed by atoms with E-state index in [0.29, 0.717) is 81.8 Å². The minimum atomic E-state index is -1.02. The van der Waals surface area contributed by atoms with E-state index in [9.17, 15) is 33.6 Å². The number of hydrogen-bond acceptors (Lipinski definition) is 10. The van der Waals surface area contributed by atoms with Crippen LogP contribution in [0.15, 0.2) is 66.7 Å². The number of unbranched alkanes of at least 4 members (excludes halogenated alkanes) is 2. The van der Waals surface area contributed by atoms with Gasteiger partial charge in [-0.25, -0.2) is 5.48 Å². The quantitative estimate of drug-likeness (QED) is 0.0488. The number of anilines is 1. The van der Waals surface area contributed by atoms with Crippen LogP contribution < -0.4 is 31.5 Å². The molecular formula is C38H42N6O9. The SMILES string of the molecule is O=C(CCCCOc1ccc(CCNC(=O)c2cccc(C(=O)NO)c2)cc1)NCCCCNc1cccc2c1C(=O)N(C1CCC(=O)NC1=O)C2=O. The van der Waals surface area contributed by atoms with Gasteiger partial charge < -0.3 is 20.7 Å². The maximum atomic E-state index is 13.2. The average molecular weight is 727 g/mol. The fourth-order valence-electron chi connectivity index (χ4n) is 6.07. The van der Waals surface area contributed by atoms with Crippen molar-refractivity contribution < 1.29 is 43.5 Å². The number of fused-ring (bicyclic) bond motifs is 1. The smallest absolute Gasteiger partial charge is 0.274 e.